The number of nitrogens with zero attached hydrogens (tertiary/aromatic N) is 2. The average Bonchev–Trinajstić information content (AvgIpc) is 2.69. The second kappa shape index (κ2) is 6.61. The van der Waals surface area contributed by atoms with E-state index >= 15 is 0 Å². The number of fused-ring (bicyclic) bond motifs is 1. The molecule has 116 valence electrons. The summed E-state index contributed by atoms with van der Waals surface area (Å²) in [6, 6.07) is 8.43. The van der Waals surface area contributed by atoms with E-state index in [9.17, 15) is 0 Å². The highest BCUT2D eigenvalue weighted by Gasteiger charge is 2.10. The molecule has 0 saturated heterocycles. The highest BCUT2D eigenvalue weighted by atomic mass is 14.9. The molecule has 2 N–H and O–H groups in total. The minimum absolute atomic E-state index is 0.648. The van der Waals surface area contributed by atoms with Crippen molar-refractivity contribution in [2.75, 3.05) is 0 Å². The number of hydrogen-bond donors (Lipinski definition) is 1. The molecular weight excluding hydrogens is 282 g/mol. The van der Waals surface area contributed by atoms with Gasteiger partial charge in [0.05, 0.1) is 5.69 Å². The predicted octanol–water partition coefficient (Wildman–Crippen LogP) is 4.80. The molecule has 0 amide bonds. The monoisotopic (exact) mass is 303 g/mol. The maximum absolute atomic E-state index is 6.09. The van der Waals surface area contributed by atoms with E-state index < -0.39 is 0 Å². The SMILES string of the molecule is CC/C=C/C1=Cc2ccc(-c3cncc(C)c3)cc2N=C(N)C1. The summed E-state index contributed by atoms with van der Waals surface area (Å²) in [5.74, 6) is 0.648. The van der Waals surface area contributed by atoms with Crippen LogP contribution in [0.3, 0.4) is 0 Å². The number of allylic oxidation sites excluding steroid dienone is 2. The molecule has 2 heterocycles. The Morgan fingerprint density at radius 2 is 2.04 bits per heavy atom. The fraction of sp³-hybridized carbons (Fsp3) is 0.200. The predicted molar refractivity (Wildman–Crippen MR) is 97.7 cm³/mol. The molecular formula is C20H21N3. The van der Waals surface area contributed by atoms with Gasteiger partial charge < -0.3 is 5.73 Å². The van der Waals surface area contributed by atoms with Crippen molar-refractivity contribution in [3.8, 4) is 11.1 Å². The molecule has 1 aromatic carbocycles. The molecule has 1 aliphatic heterocycles. The van der Waals surface area contributed by atoms with E-state index in [0.29, 0.717) is 12.3 Å². The molecule has 0 unspecified atom stereocenters. The highest BCUT2D eigenvalue weighted by Crippen LogP contribution is 2.31. The van der Waals surface area contributed by atoms with E-state index in [4.69, 9.17) is 5.73 Å². The molecule has 0 bridgehead atoms. The van der Waals surface area contributed by atoms with Crippen LogP contribution in [0.4, 0.5) is 5.69 Å². The fourth-order valence-corrected chi connectivity index (χ4v) is 2.69. The van der Waals surface area contributed by atoms with Crippen molar-refractivity contribution >= 4 is 17.6 Å². The quantitative estimate of drug-likeness (QED) is 0.885. The van der Waals surface area contributed by atoms with Gasteiger partial charge in [0.25, 0.3) is 0 Å². The summed E-state index contributed by atoms with van der Waals surface area (Å²) in [6.45, 7) is 4.17. The fourth-order valence-electron chi connectivity index (χ4n) is 2.69. The van der Waals surface area contributed by atoms with Crippen molar-refractivity contribution in [3.05, 3.63) is 65.5 Å². The van der Waals surface area contributed by atoms with Crippen LogP contribution in [0.2, 0.25) is 0 Å². The Labute approximate surface area is 137 Å². The van der Waals surface area contributed by atoms with Gasteiger partial charge in [-0.3, -0.25) is 4.98 Å². The average molecular weight is 303 g/mol. The summed E-state index contributed by atoms with van der Waals surface area (Å²) in [7, 11) is 0. The van der Waals surface area contributed by atoms with E-state index in [1.807, 2.05) is 19.3 Å². The highest BCUT2D eigenvalue weighted by molar-refractivity contribution is 5.91. The summed E-state index contributed by atoms with van der Waals surface area (Å²) in [4.78, 5) is 8.86. The molecule has 3 nitrogen and oxygen atoms in total. The smallest absolute Gasteiger partial charge is 0.104 e. The number of nitrogens with two attached hydrogens (primary N) is 1. The molecule has 0 fully saturated rings. The first kappa shape index (κ1) is 15.2. The van der Waals surface area contributed by atoms with Gasteiger partial charge in [0.15, 0.2) is 0 Å². The van der Waals surface area contributed by atoms with Crippen LogP contribution in [0.1, 0.15) is 30.9 Å². The van der Waals surface area contributed by atoms with Gasteiger partial charge in [0.2, 0.25) is 0 Å². The molecule has 2 aromatic rings. The molecule has 0 aliphatic carbocycles. The zero-order valence-corrected chi connectivity index (χ0v) is 13.6. The normalized spacial score (nSPS) is 14.2. The standard InChI is InChI=1S/C20H21N3/c1-3-4-5-15-9-17-7-6-16(11-19(17)23-20(21)10-15)18-8-14(2)12-22-13-18/h4-9,11-13H,3,10H2,1-2H3,(H2,21,23)/b5-4+. The third kappa shape index (κ3) is 3.57. The van der Waals surface area contributed by atoms with Gasteiger partial charge in [0.1, 0.15) is 5.84 Å². The molecule has 3 rings (SSSR count). The summed E-state index contributed by atoms with van der Waals surface area (Å²) < 4.78 is 0. The second-order valence-corrected chi connectivity index (χ2v) is 5.83. The summed E-state index contributed by atoms with van der Waals surface area (Å²) in [5.41, 5.74) is 12.7. The van der Waals surface area contributed by atoms with E-state index in [-0.39, 0.29) is 0 Å². The van der Waals surface area contributed by atoms with Crippen molar-refractivity contribution < 1.29 is 0 Å². The van der Waals surface area contributed by atoms with E-state index in [0.717, 1.165) is 34.4 Å². The van der Waals surface area contributed by atoms with Crippen LogP contribution in [0.25, 0.3) is 17.2 Å². The number of aryl methyl sites for hydroxylation is 1. The summed E-state index contributed by atoms with van der Waals surface area (Å²) >= 11 is 0. The van der Waals surface area contributed by atoms with Gasteiger partial charge in [0, 0.05) is 29.9 Å². The van der Waals surface area contributed by atoms with E-state index in [1.54, 1.807) is 0 Å². The molecule has 1 aliphatic rings. The third-order valence-electron chi connectivity index (χ3n) is 3.80. The van der Waals surface area contributed by atoms with Gasteiger partial charge in [-0.2, -0.15) is 0 Å². The maximum Gasteiger partial charge on any atom is 0.104 e. The molecule has 0 spiro atoms. The van der Waals surface area contributed by atoms with Crippen molar-refractivity contribution in [3.63, 3.8) is 0 Å². The summed E-state index contributed by atoms with van der Waals surface area (Å²) in [5, 5.41) is 0. The van der Waals surface area contributed by atoms with Gasteiger partial charge in [-0.1, -0.05) is 31.2 Å². The molecule has 0 saturated carbocycles. The molecule has 3 heteroatoms. The molecule has 0 radical (unpaired) electrons. The number of benzene rings is 1. The minimum Gasteiger partial charge on any atom is -0.387 e. The lowest BCUT2D eigenvalue weighted by molar-refractivity contribution is 1.21. The Morgan fingerprint density at radius 3 is 2.83 bits per heavy atom. The van der Waals surface area contributed by atoms with Gasteiger partial charge in [-0.15, -0.1) is 0 Å². The van der Waals surface area contributed by atoms with Gasteiger partial charge in [-0.05, 0) is 48.3 Å². The Hall–Kier alpha value is -2.68. The lowest BCUT2D eigenvalue weighted by atomic mass is 10.0. The first-order chi connectivity index (χ1) is 11.2. The van der Waals surface area contributed by atoms with Gasteiger partial charge in [-0.25, -0.2) is 4.99 Å². The first-order valence-electron chi connectivity index (χ1n) is 7.92. The lowest BCUT2D eigenvalue weighted by Crippen LogP contribution is -2.10. The van der Waals surface area contributed by atoms with Crippen LogP contribution in [0.5, 0.6) is 0 Å². The zero-order valence-electron chi connectivity index (χ0n) is 13.6. The van der Waals surface area contributed by atoms with Crippen LogP contribution in [-0.4, -0.2) is 10.8 Å². The van der Waals surface area contributed by atoms with Crippen molar-refractivity contribution in [1.29, 1.82) is 0 Å². The first-order valence-corrected chi connectivity index (χ1v) is 7.92. The number of pyridine rings is 1. The van der Waals surface area contributed by atoms with Crippen LogP contribution in [0, 0.1) is 6.92 Å². The Morgan fingerprint density at radius 1 is 1.17 bits per heavy atom. The van der Waals surface area contributed by atoms with Crippen LogP contribution < -0.4 is 5.73 Å². The molecule has 0 atom stereocenters. The van der Waals surface area contributed by atoms with Crippen LogP contribution >= 0.6 is 0 Å². The number of aromatic nitrogens is 1. The Balaban J connectivity index is 2.05. The van der Waals surface area contributed by atoms with Crippen molar-refractivity contribution in [2.45, 2.75) is 26.7 Å². The van der Waals surface area contributed by atoms with Gasteiger partial charge >= 0.3 is 0 Å². The number of amidine groups is 1. The number of rotatable bonds is 3. The molecule has 1 aromatic heterocycles. The maximum atomic E-state index is 6.09. The number of hydrogen-bond acceptors (Lipinski definition) is 3. The lowest BCUT2D eigenvalue weighted by Gasteiger charge is -2.06. The second-order valence-electron chi connectivity index (χ2n) is 5.83. The number of aliphatic imine (C=N–C) groups is 1. The van der Waals surface area contributed by atoms with E-state index in [1.165, 1.54) is 5.57 Å². The minimum atomic E-state index is 0.648. The molecule has 23 heavy (non-hydrogen) atoms. The third-order valence-corrected chi connectivity index (χ3v) is 3.80. The van der Waals surface area contributed by atoms with Crippen LogP contribution in [0.15, 0.2) is 59.4 Å². The van der Waals surface area contributed by atoms with Crippen molar-refractivity contribution in [2.24, 2.45) is 10.7 Å². The Kier molecular flexibility index (Phi) is 4.38. The summed E-state index contributed by atoms with van der Waals surface area (Å²) in [6.07, 6.45) is 11.9. The zero-order chi connectivity index (χ0) is 16.2. The topological polar surface area (TPSA) is 51.3 Å². The largest absolute Gasteiger partial charge is 0.387 e. The van der Waals surface area contributed by atoms with Crippen molar-refractivity contribution in [1.82, 2.24) is 4.98 Å². The van der Waals surface area contributed by atoms with E-state index in [2.05, 4.69) is 59.4 Å². The Bertz CT molecular complexity index is 813. The van der Waals surface area contributed by atoms with Crippen LogP contribution in [-0.2, 0) is 0 Å².